The Bertz CT molecular complexity index is 668. The smallest absolute Gasteiger partial charge is 0.150 e. The Morgan fingerprint density at radius 3 is 2.67 bits per heavy atom. The summed E-state index contributed by atoms with van der Waals surface area (Å²) in [7, 11) is -2.99. The number of hydrogen-bond donors (Lipinski definition) is 1. The van der Waals surface area contributed by atoms with E-state index in [4.69, 9.17) is 0 Å². The lowest BCUT2D eigenvalue weighted by atomic mass is 10.2. The van der Waals surface area contributed by atoms with Crippen LogP contribution in [0.25, 0.3) is 5.69 Å². The van der Waals surface area contributed by atoms with E-state index in [2.05, 4.69) is 10.2 Å². The number of benzene rings is 1. The summed E-state index contributed by atoms with van der Waals surface area (Å²) >= 11 is 0. The van der Waals surface area contributed by atoms with E-state index in [1.165, 1.54) is 11.0 Å². The van der Waals surface area contributed by atoms with Gasteiger partial charge >= 0.3 is 0 Å². The van der Waals surface area contributed by atoms with Crippen LogP contribution in [0.4, 0.5) is 0 Å². The standard InChI is InChI=1S/C14H19N3O3S/c1-2-21(19,20)10-6-9-14(18)13-11-15-17(16-13)12-7-4-3-5-8-12/h3-5,7-8,11,14,18H,2,6,9-10H2,1H3. The summed E-state index contributed by atoms with van der Waals surface area (Å²) in [6.45, 7) is 1.62. The first-order chi connectivity index (χ1) is 10.0. The first kappa shape index (κ1) is 15.7. The van der Waals surface area contributed by atoms with Crippen molar-refractivity contribution in [3.05, 3.63) is 42.2 Å². The van der Waals surface area contributed by atoms with E-state index in [9.17, 15) is 13.5 Å². The van der Waals surface area contributed by atoms with Crippen molar-refractivity contribution in [1.29, 1.82) is 0 Å². The summed E-state index contributed by atoms with van der Waals surface area (Å²) in [5.41, 5.74) is 1.26. The Labute approximate surface area is 124 Å². The molecule has 0 aliphatic carbocycles. The van der Waals surface area contributed by atoms with Gasteiger partial charge in [-0.2, -0.15) is 15.0 Å². The van der Waals surface area contributed by atoms with Crippen LogP contribution < -0.4 is 0 Å². The molecule has 1 N–H and O–H groups in total. The highest BCUT2D eigenvalue weighted by Crippen LogP contribution is 2.17. The first-order valence-electron chi connectivity index (χ1n) is 6.88. The van der Waals surface area contributed by atoms with Crippen molar-refractivity contribution in [2.75, 3.05) is 11.5 Å². The van der Waals surface area contributed by atoms with Gasteiger partial charge in [0.15, 0.2) is 0 Å². The summed E-state index contributed by atoms with van der Waals surface area (Å²) in [6, 6.07) is 9.39. The predicted octanol–water partition coefficient (Wildman–Crippen LogP) is 1.52. The normalized spacial score (nSPS) is 13.2. The van der Waals surface area contributed by atoms with E-state index in [1.54, 1.807) is 6.92 Å². The molecule has 2 rings (SSSR count). The van der Waals surface area contributed by atoms with E-state index in [0.29, 0.717) is 18.5 Å². The highest BCUT2D eigenvalue weighted by Gasteiger charge is 2.14. The van der Waals surface area contributed by atoms with Crippen molar-refractivity contribution in [2.24, 2.45) is 0 Å². The summed E-state index contributed by atoms with van der Waals surface area (Å²) in [6.07, 6.45) is 1.48. The van der Waals surface area contributed by atoms with Crippen molar-refractivity contribution in [2.45, 2.75) is 25.9 Å². The predicted molar refractivity (Wildman–Crippen MR) is 79.9 cm³/mol. The second-order valence-corrected chi connectivity index (χ2v) is 7.26. The molecule has 1 aromatic heterocycles. The molecule has 0 bridgehead atoms. The zero-order valence-electron chi connectivity index (χ0n) is 11.9. The van der Waals surface area contributed by atoms with E-state index < -0.39 is 15.9 Å². The number of aliphatic hydroxyl groups is 1. The van der Waals surface area contributed by atoms with Crippen LogP contribution in [0.2, 0.25) is 0 Å². The average Bonchev–Trinajstić information content (AvgIpc) is 2.98. The first-order valence-corrected chi connectivity index (χ1v) is 8.70. The van der Waals surface area contributed by atoms with Crippen LogP contribution in [-0.2, 0) is 9.84 Å². The molecule has 114 valence electrons. The van der Waals surface area contributed by atoms with Gasteiger partial charge in [-0.15, -0.1) is 0 Å². The van der Waals surface area contributed by atoms with Gasteiger partial charge in [0.05, 0.1) is 23.7 Å². The van der Waals surface area contributed by atoms with E-state index in [1.807, 2.05) is 30.3 Å². The molecule has 0 aliphatic heterocycles. The number of aliphatic hydroxyl groups excluding tert-OH is 1. The summed E-state index contributed by atoms with van der Waals surface area (Å²) in [5.74, 6) is 0.223. The fourth-order valence-electron chi connectivity index (χ4n) is 1.90. The van der Waals surface area contributed by atoms with E-state index in [-0.39, 0.29) is 11.5 Å². The van der Waals surface area contributed by atoms with E-state index in [0.717, 1.165) is 5.69 Å². The van der Waals surface area contributed by atoms with Crippen LogP contribution >= 0.6 is 0 Å². The minimum atomic E-state index is -2.99. The largest absolute Gasteiger partial charge is 0.387 e. The lowest BCUT2D eigenvalue weighted by Crippen LogP contribution is -2.10. The van der Waals surface area contributed by atoms with Crippen LogP contribution in [0, 0.1) is 0 Å². The maximum atomic E-state index is 11.4. The number of para-hydroxylation sites is 1. The quantitative estimate of drug-likeness (QED) is 0.838. The lowest BCUT2D eigenvalue weighted by Gasteiger charge is -2.07. The molecule has 1 atom stereocenters. The summed E-state index contributed by atoms with van der Waals surface area (Å²) in [5, 5.41) is 18.4. The molecule has 0 radical (unpaired) electrons. The van der Waals surface area contributed by atoms with Gasteiger partial charge in [-0.05, 0) is 25.0 Å². The maximum absolute atomic E-state index is 11.4. The number of hydrogen-bond acceptors (Lipinski definition) is 5. The molecule has 0 saturated carbocycles. The molecular weight excluding hydrogens is 290 g/mol. The number of nitrogens with zero attached hydrogens (tertiary/aromatic N) is 3. The van der Waals surface area contributed by atoms with Crippen molar-refractivity contribution in [1.82, 2.24) is 15.0 Å². The van der Waals surface area contributed by atoms with Gasteiger partial charge in [0.2, 0.25) is 0 Å². The summed E-state index contributed by atoms with van der Waals surface area (Å²) < 4.78 is 22.8. The third-order valence-corrected chi connectivity index (χ3v) is 5.00. The maximum Gasteiger partial charge on any atom is 0.150 e. The molecule has 2 aromatic rings. The second kappa shape index (κ2) is 6.82. The average molecular weight is 309 g/mol. The minimum absolute atomic E-state index is 0.0907. The van der Waals surface area contributed by atoms with Crippen LogP contribution in [-0.4, -0.2) is 40.0 Å². The fourth-order valence-corrected chi connectivity index (χ4v) is 2.80. The highest BCUT2D eigenvalue weighted by molar-refractivity contribution is 7.91. The Kier molecular flexibility index (Phi) is 5.08. The molecule has 0 aliphatic rings. The van der Waals surface area contributed by atoms with Gasteiger partial charge in [-0.1, -0.05) is 25.1 Å². The van der Waals surface area contributed by atoms with Crippen LogP contribution in [0.1, 0.15) is 31.6 Å². The molecule has 0 amide bonds. The Morgan fingerprint density at radius 1 is 1.29 bits per heavy atom. The lowest BCUT2D eigenvalue weighted by molar-refractivity contribution is 0.161. The molecule has 0 fully saturated rings. The zero-order valence-corrected chi connectivity index (χ0v) is 12.7. The van der Waals surface area contributed by atoms with Crippen LogP contribution in [0.3, 0.4) is 0 Å². The molecular formula is C14H19N3O3S. The molecule has 1 heterocycles. The zero-order chi connectivity index (χ0) is 15.3. The van der Waals surface area contributed by atoms with Crippen molar-refractivity contribution >= 4 is 9.84 Å². The second-order valence-electron chi connectivity index (χ2n) is 4.79. The van der Waals surface area contributed by atoms with Crippen LogP contribution in [0.15, 0.2) is 36.5 Å². The van der Waals surface area contributed by atoms with Crippen LogP contribution in [0.5, 0.6) is 0 Å². The molecule has 6 nitrogen and oxygen atoms in total. The van der Waals surface area contributed by atoms with Gasteiger partial charge in [-0.25, -0.2) is 8.42 Å². The molecule has 7 heteroatoms. The Morgan fingerprint density at radius 2 is 2.00 bits per heavy atom. The SMILES string of the molecule is CCS(=O)(=O)CCCC(O)c1cnn(-c2ccccc2)n1. The number of aromatic nitrogens is 3. The number of sulfone groups is 1. The minimum Gasteiger partial charge on any atom is -0.387 e. The summed E-state index contributed by atoms with van der Waals surface area (Å²) in [4.78, 5) is 1.45. The van der Waals surface area contributed by atoms with Gasteiger partial charge < -0.3 is 5.11 Å². The van der Waals surface area contributed by atoms with Crippen molar-refractivity contribution < 1.29 is 13.5 Å². The van der Waals surface area contributed by atoms with Gasteiger partial charge in [0.25, 0.3) is 0 Å². The Balaban J connectivity index is 1.95. The van der Waals surface area contributed by atoms with Crippen molar-refractivity contribution in [3.63, 3.8) is 0 Å². The highest BCUT2D eigenvalue weighted by atomic mass is 32.2. The van der Waals surface area contributed by atoms with Crippen molar-refractivity contribution in [3.8, 4) is 5.69 Å². The molecule has 21 heavy (non-hydrogen) atoms. The van der Waals surface area contributed by atoms with Gasteiger partial charge in [0, 0.05) is 5.75 Å². The third-order valence-electron chi connectivity index (χ3n) is 3.21. The Hall–Kier alpha value is -1.73. The third kappa shape index (κ3) is 4.37. The van der Waals surface area contributed by atoms with E-state index >= 15 is 0 Å². The fraction of sp³-hybridized carbons (Fsp3) is 0.429. The molecule has 0 spiro atoms. The molecule has 1 aromatic carbocycles. The number of rotatable bonds is 7. The van der Waals surface area contributed by atoms with Gasteiger partial charge in [-0.3, -0.25) is 0 Å². The topological polar surface area (TPSA) is 85.1 Å². The molecule has 1 unspecified atom stereocenters. The molecule has 0 saturated heterocycles. The monoisotopic (exact) mass is 309 g/mol. The van der Waals surface area contributed by atoms with Gasteiger partial charge in [0.1, 0.15) is 15.5 Å².